The zero-order valence-corrected chi connectivity index (χ0v) is 17.6. The second-order valence-corrected chi connectivity index (χ2v) is 8.17. The molecular formula is C22H27BrN2O. The third-order valence-electron chi connectivity index (χ3n) is 5.04. The number of nitrogens with zero attached hydrogens (tertiary/aromatic N) is 2. The fourth-order valence-corrected chi connectivity index (χ4v) is 3.88. The summed E-state index contributed by atoms with van der Waals surface area (Å²) in [4.78, 5) is 7.31. The highest BCUT2D eigenvalue weighted by Crippen LogP contribution is 2.26. The van der Waals surface area contributed by atoms with Gasteiger partial charge in [-0.3, -0.25) is 4.99 Å². The van der Waals surface area contributed by atoms with Gasteiger partial charge in [0.1, 0.15) is 11.6 Å². The molecule has 0 amide bonds. The van der Waals surface area contributed by atoms with Crippen molar-refractivity contribution in [3.05, 3.63) is 63.6 Å². The summed E-state index contributed by atoms with van der Waals surface area (Å²) in [5.41, 5.74) is 3.81. The van der Waals surface area contributed by atoms with Crippen LogP contribution >= 0.6 is 15.9 Å². The molecule has 0 bridgehead atoms. The van der Waals surface area contributed by atoms with E-state index in [0.29, 0.717) is 12.0 Å². The van der Waals surface area contributed by atoms with Gasteiger partial charge in [-0.1, -0.05) is 54.0 Å². The number of halogens is 1. The first-order chi connectivity index (χ1) is 12.5. The molecule has 0 radical (unpaired) electrons. The van der Waals surface area contributed by atoms with Gasteiger partial charge in [-0.2, -0.15) is 0 Å². The van der Waals surface area contributed by atoms with Crippen molar-refractivity contribution in [2.45, 2.75) is 32.7 Å². The van der Waals surface area contributed by atoms with E-state index >= 15 is 0 Å². The van der Waals surface area contributed by atoms with E-state index in [1.807, 2.05) is 12.1 Å². The van der Waals surface area contributed by atoms with Crippen LogP contribution < -0.4 is 4.74 Å². The Morgan fingerprint density at radius 3 is 2.58 bits per heavy atom. The molecule has 0 saturated carbocycles. The number of likely N-dealkylation sites (N-methyl/N-ethyl adjacent to an activating group) is 1. The molecule has 1 atom stereocenters. The highest BCUT2D eigenvalue weighted by molar-refractivity contribution is 9.10. The summed E-state index contributed by atoms with van der Waals surface area (Å²) in [6.45, 7) is 5.49. The maximum Gasteiger partial charge on any atom is 0.131 e. The Hall–Kier alpha value is -1.81. The highest BCUT2D eigenvalue weighted by Gasteiger charge is 2.26. The maximum absolute atomic E-state index is 5.52. The van der Waals surface area contributed by atoms with Crippen molar-refractivity contribution in [2.24, 2.45) is 10.9 Å². The Labute approximate surface area is 165 Å². The normalized spacial score (nSPS) is 16.9. The largest absolute Gasteiger partial charge is 0.496 e. The Balaban J connectivity index is 1.85. The summed E-state index contributed by atoms with van der Waals surface area (Å²) in [7, 11) is 3.88. The first kappa shape index (κ1) is 19.0. The summed E-state index contributed by atoms with van der Waals surface area (Å²) < 4.78 is 6.61. The molecule has 0 saturated heterocycles. The lowest BCUT2D eigenvalue weighted by atomic mass is 9.98. The molecule has 138 valence electrons. The van der Waals surface area contributed by atoms with Crippen LogP contribution in [-0.2, 0) is 12.8 Å². The van der Waals surface area contributed by atoms with Crippen LogP contribution in [0.25, 0.3) is 0 Å². The predicted octanol–water partition coefficient (Wildman–Crippen LogP) is 4.96. The van der Waals surface area contributed by atoms with E-state index in [0.717, 1.165) is 35.4 Å². The zero-order valence-electron chi connectivity index (χ0n) is 16.0. The maximum atomic E-state index is 5.52. The Bertz CT molecular complexity index is 800. The van der Waals surface area contributed by atoms with Crippen molar-refractivity contribution in [3.8, 4) is 5.75 Å². The number of amidine groups is 1. The quantitative estimate of drug-likeness (QED) is 0.666. The minimum absolute atomic E-state index is 0.383. The van der Waals surface area contributed by atoms with Crippen LogP contribution in [0.3, 0.4) is 0 Å². The van der Waals surface area contributed by atoms with Crippen LogP contribution in [0.4, 0.5) is 0 Å². The summed E-state index contributed by atoms with van der Waals surface area (Å²) in [6, 6.07) is 15.2. The van der Waals surface area contributed by atoms with E-state index in [-0.39, 0.29) is 0 Å². The standard InChI is InChI=1S/C22H27BrN2O/c1-15(2)20-14-25(3)22(24-20)19-8-6-5-7-16(19)9-10-17-13-18(23)11-12-21(17)26-4/h5-8,11-13,15,20H,9-10,14H2,1-4H3. The average molecular weight is 415 g/mol. The summed E-state index contributed by atoms with van der Waals surface area (Å²) in [5, 5.41) is 0. The van der Waals surface area contributed by atoms with E-state index in [1.165, 1.54) is 16.7 Å². The molecule has 1 aliphatic rings. The molecule has 0 N–H and O–H groups in total. The van der Waals surface area contributed by atoms with Crippen LogP contribution in [0.2, 0.25) is 0 Å². The van der Waals surface area contributed by atoms with Crippen LogP contribution in [0.5, 0.6) is 5.75 Å². The number of benzene rings is 2. The number of rotatable bonds is 6. The SMILES string of the molecule is COc1ccc(Br)cc1CCc1ccccc1C1=NC(C(C)C)CN1C. The Morgan fingerprint density at radius 2 is 1.88 bits per heavy atom. The first-order valence-corrected chi connectivity index (χ1v) is 9.98. The van der Waals surface area contributed by atoms with Crippen molar-refractivity contribution in [2.75, 3.05) is 20.7 Å². The van der Waals surface area contributed by atoms with E-state index in [9.17, 15) is 0 Å². The predicted molar refractivity (Wildman–Crippen MR) is 112 cm³/mol. The second-order valence-electron chi connectivity index (χ2n) is 7.26. The minimum atomic E-state index is 0.383. The highest BCUT2D eigenvalue weighted by atomic mass is 79.9. The molecule has 0 aromatic heterocycles. The number of ether oxygens (including phenoxy) is 1. The van der Waals surface area contributed by atoms with Gasteiger partial charge in [0.05, 0.1) is 13.2 Å². The van der Waals surface area contributed by atoms with Crippen molar-refractivity contribution in [3.63, 3.8) is 0 Å². The van der Waals surface area contributed by atoms with Crippen LogP contribution in [-0.4, -0.2) is 37.5 Å². The van der Waals surface area contributed by atoms with Gasteiger partial charge in [-0.05, 0) is 48.1 Å². The Kier molecular flexibility index (Phi) is 6.02. The third kappa shape index (κ3) is 4.12. The summed E-state index contributed by atoms with van der Waals surface area (Å²) in [5.74, 6) is 2.63. The molecule has 2 aromatic rings. The second kappa shape index (κ2) is 8.26. The number of aryl methyl sites for hydroxylation is 2. The van der Waals surface area contributed by atoms with Crippen molar-refractivity contribution >= 4 is 21.8 Å². The molecule has 4 heteroatoms. The number of hydrogen-bond acceptors (Lipinski definition) is 3. The lowest BCUT2D eigenvalue weighted by molar-refractivity contribution is 0.409. The van der Waals surface area contributed by atoms with Crippen LogP contribution in [0, 0.1) is 5.92 Å². The van der Waals surface area contributed by atoms with Gasteiger partial charge < -0.3 is 9.64 Å². The molecule has 3 rings (SSSR count). The zero-order chi connectivity index (χ0) is 18.7. The van der Waals surface area contributed by atoms with Gasteiger partial charge in [0, 0.05) is 23.6 Å². The molecule has 3 nitrogen and oxygen atoms in total. The van der Waals surface area contributed by atoms with Gasteiger partial charge in [0.15, 0.2) is 0 Å². The molecular weight excluding hydrogens is 388 g/mol. The molecule has 1 unspecified atom stereocenters. The fourth-order valence-electron chi connectivity index (χ4n) is 3.47. The monoisotopic (exact) mass is 414 g/mol. The lowest BCUT2D eigenvalue weighted by Crippen LogP contribution is -2.27. The van der Waals surface area contributed by atoms with E-state index in [1.54, 1.807) is 7.11 Å². The molecule has 0 aliphatic carbocycles. The average Bonchev–Trinajstić information content (AvgIpc) is 3.02. The summed E-state index contributed by atoms with van der Waals surface area (Å²) in [6.07, 6.45) is 1.90. The van der Waals surface area contributed by atoms with Crippen molar-refractivity contribution < 1.29 is 4.74 Å². The lowest BCUT2D eigenvalue weighted by Gasteiger charge is -2.18. The van der Waals surface area contributed by atoms with Crippen molar-refractivity contribution in [1.82, 2.24) is 4.90 Å². The summed E-state index contributed by atoms with van der Waals surface area (Å²) >= 11 is 3.57. The number of aliphatic imine (C=N–C) groups is 1. The molecule has 1 aliphatic heterocycles. The minimum Gasteiger partial charge on any atom is -0.496 e. The van der Waals surface area contributed by atoms with Crippen molar-refractivity contribution in [1.29, 1.82) is 0 Å². The molecule has 0 fully saturated rings. The van der Waals surface area contributed by atoms with E-state index in [4.69, 9.17) is 9.73 Å². The molecule has 1 heterocycles. The van der Waals surface area contributed by atoms with Gasteiger partial charge in [0.2, 0.25) is 0 Å². The number of methoxy groups -OCH3 is 1. The van der Waals surface area contributed by atoms with Gasteiger partial charge in [-0.15, -0.1) is 0 Å². The van der Waals surface area contributed by atoms with Gasteiger partial charge in [0.25, 0.3) is 0 Å². The first-order valence-electron chi connectivity index (χ1n) is 9.19. The Morgan fingerprint density at radius 1 is 1.15 bits per heavy atom. The molecule has 2 aromatic carbocycles. The van der Waals surface area contributed by atoms with Crippen LogP contribution in [0.1, 0.15) is 30.5 Å². The smallest absolute Gasteiger partial charge is 0.131 e. The third-order valence-corrected chi connectivity index (χ3v) is 5.54. The fraction of sp³-hybridized carbons (Fsp3) is 0.409. The number of hydrogen-bond donors (Lipinski definition) is 0. The van der Waals surface area contributed by atoms with E-state index < -0.39 is 0 Å². The van der Waals surface area contributed by atoms with Gasteiger partial charge in [-0.25, -0.2) is 0 Å². The van der Waals surface area contributed by atoms with Gasteiger partial charge >= 0.3 is 0 Å². The molecule has 26 heavy (non-hydrogen) atoms. The topological polar surface area (TPSA) is 24.8 Å². The van der Waals surface area contributed by atoms with E-state index in [2.05, 4.69) is 72.1 Å². The molecule has 0 spiro atoms. The van der Waals surface area contributed by atoms with Crippen LogP contribution in [0.15, 0.2) is 51.9 Å².